The maximum atomic E-state index is 6.24. The van der Waals surface area contributed by atoms with E-state index < -0.39 is 0 Å². The second-order valence-corrected chi connectivity index (χ2v) is 6.83. The van der Waals surface area contributed by atoms with Crippen molar-refractivity contribution < 1.29 is 0 Å². The van der Waals surface area contributed by atoms with E-state index in [-0.39, 0.29) is 0 Å². The van der Waals surface area contributed by atoms with Gasteiger partial charge < -0.3 is 5.73 Å². The van der Waals surface area contributed by atoms with Gasteiger partial charge in [-0.1, -0.05) is 58.3 Å². The fraction of sp³-hybridized carbons (Fsp3) is 1.00. The maximum absolute atomic E-state index is 6.24. The van der Waals surface area contributed by atoms with Crippen molar-refractivity contribution in [2.75, 3.05) is 5.75 Å². The van der Waals surface area contributed by atoms with Crippen LogP contribution in [0.1, 0.15) is 77.6 Å². The summed E-state index contributed by atoms with van der Waals surface area (Å²) in [4.78, 5) is 0. The molecular formula is C15H31NS. The van der Waals surface area contributed by atoms with Gasteiger partial charge in [0.2, 0.25) is 0 Å². The van der Waals surface area contributed by atoms with E-state index in [0.29, 0.717) is 6.04 Å². The monoisotopic (exact) mass is 257 g/mol. The van der Waals surface area contributed by atoms with E-state index in [2.05, 4.69) is 18.7 Å². The van der Waals surface area contributed by atoms with Gasteiger partial charge in [-0.2, -0.15) is 11.8 Å². The molecule has 0 radical (unpaired) electrons. The first-order valence-electron chi connectivity index (χ1n) is 7.71. The van der Waals surface area contributed by atoms with E-state index in [1.54, 1.807) is 0 Å². The zero-order chi connectivity index (χ0) is 12.3. The third-order valence-corrected chi connectivity index (χ3v) is 5.37. The Morgan fingerprint density at radius 3 is 2.29 bits per heavy atom. The highest BCUT2D eigenvalue weighted by Gasteiger charge is 2.21. The van der Waals surface area contributed by atoms with Crippen LogP contribution < -0.4 is 5.73 Å². The molecule has 1 saturated heterocycles. The topological polar surface area (TPSA) is 26.0 Å². The Balaban J connectivity index is 1.83. The van der Waals surface area contributed by atoms with Gasteiger partial charge in [-0.15, -0.1) is 0 Å². The first-order chi connectivity index (χ1) is 8.34. The molecule has 0 spiro atoms. The summed E-state index contributed by atoms with van der Waals surface area (Å²) in [6, 6.07) is 0.475. The van der Waals surface area contributed by atoms with E-state index in [1.165, 1.54) is 76.4 Å². The Morgan fingerprint density at radius 2 is 1.71 bits per heavy atom. The van der Waals surface area contributed by atoms with Gasteiger partial charge in [0.25, 0.3) is 0 Å². The number of thioether (sulfide) groups is 1. The molecule has 0 amide bonds. The van der Waals surface area contributed by atoms with Crippen molar-refractivity contribution in [3.05, 3.63) is 0 Å². The molecule has 1 aliphatic heterocycles. The van der Waals surface area contributed by atoms with Crippen LogP contribution in [0.5, 0.6) is 0 Å². The highest BCUT2D eigenvalue weighted by molar-refractivity contribution is 8.00. The summed E-state index contributed by atoms with van der Waals surface area (Å²) in [6.07, 6.45) is 15.3. The van der Waals surface area contributed by atoms with Crippen LogP contribution in [0.25, 0.3) is 0 Å². The number of hydrogen-bond acceptors (Lipinski definition) is 2. The number of nitrogens with two attached hydrogens (primary N) is 1. The minimum Gasteiger partial charge on any atom is -0.327 e. The third kappa shape index (κ3) is 7.35. The van der Waals surface area contributed by atoms with Crippen LogP contribution in [0.15, 0.2) is 0 Å². The first kappa shape index (κ1) is 15.4. The van der Waals surface area contributed by atoms with E-state index in [4.69, 9.17) is 5.73 Å². The molecule has 2 atom stereocenters. The van der Waals surface area contributed by atoms with Crippen molar-refractivity contribution in [3.8, 4) is 0 Å². The van der Waals surface area contributed by atoms with Gasteiger partial charge >= 0.3 is 0 Å². The molecule has 1 nitrogen and oxygen atoms in total. The lowest BCUT2D eigenvalue weighted by molar-refractivity contribution is 0.510. The lowest BCUT2D eigenvalue weighted by atomic mass is 10.0. The summed E-state index contributed by atoms with van der Waals surface area (Å²) in [5.74, 6) is 1.34. The third-order valence-electron chi connectivity index (χ3n) is 3.83. The van der Waals surface area contributed by atoms with Crippen LogP contribution >= 0.6 is 11.8 Å². The molecule has 1 rings (SSSR count). The van der Waals surface area contributed by atoms with Gasteiger partial charge in [-0.05, 0) is 25.0 Å². The molecule has 2 N–H and O–H groups in total. The molecule has 0 bridgehead atoms. The summed E-state index contributed by atoms with van der Waals surface area (Å²) in [5.41, 5.74) is 6.24. The zero-order valence-corrected chi connectivity index (χ0v) is 12.4. The van der Waals surface area contributed by atoms with Crippen molar-refractivity contribution in [2.45, 2.75) is 88.8 Å². The summed E-state index contributed by atoms with van der Waals surface area (Å²) < 4.78 is 0. The normalized spacial score (nSPS) is 21.9. The van der Waals surface area contributed by atoms with Crippen LogP contribution in [0.3, 0.4) is 0 Å². The predicted molar refractivity (Wildman–Crippen MR) is 80.7 cm³/mol. The fourth-order valence-electron chi connectivity index (χ4n) is 2.64. The molecule has 0 aromatic heterocycles. The number of rotatable bonds is 10. The maximum Gasteiger partial charge on any atom is 0.0199 e. The van der Waals surface area contributed by atoms with E-state index >= 15 is 0 Å². The molecule has 1 aliphatic rings. The standard InChI is InChI=1S/C15H31NS/c1-2-3-4-5-6-7-8-9-11-14(16)15-12-10-13-17-15/h14-15H,2-13,16H2,1H3. The van der Waals surface area contributed by atoms with E-state index in [1.807, 2.05) is 0 Å². The Hall–Kier alpha value is 0.310. The minimum atomic E-state index is 0.475. The zero-order valence-electron chi connectivity index (χ0n) is 11.6. The van der Waals surface area contributed by atoms with Gasteiger partial charge in [0.1, 0.15) is 0 Å². The van der Waals surface area contributed by atoms with Crippen molar-refractivity contribution in [1.82, 2.24) is 0 Å². The lowest BCUT2D eigenvalue weighted by Gasteiger charge is -2.17. The Bertz CT molecular complexity index is 166. The van der Waals surface area contributed by atoms with Crippen LogP contribution in [-0.2, 0) is 0 Å². The fourth-order valence-corrected chi connectivity index (χ4v) is 3.99. The largest absolute Gasteiger partial charge is 0.327 e. The van der Waals surface area contributed by atoms with Gasteiger partial charge in [0.05, 0.1) is 0 Å². The quantitative estimate of drug-likeness (QED) is 0.572. The molecule has 1 heterocycles. The second kappa shape index (κ2) is 10.3. The molecule has 102 valence electrons. The summed E-state index contributed by atoms with van der Waals surface area (Å²) >= 11 is 2.10. The Labute approximate surface area is 112 Å². The van der Waals surface area contributed by atoms with Crippen LogP contribution in [0.2, 0.25) is 0 Å². The minimum absolute atomic E-state index is 0.475. The number of hydrogen-bond donors (Lipinski definition) is 1. The molecule has 0 aliphatic carbocycles. The van der Waals surface area contributed by atoms with Crippen molar-refractivity contribution in [1.29, 1.82) is 0 Å². The van der Waals surface area contributed by atoms with E-state index in [0.717, 1.165) is 5.25 Å². The van der Waals surface area contributed by atoms with Gasteiger partial charge in [-0.3, -0.25) is 0 Å². The molecule has 17 heavy (non-hydrogen) atoms. The SMILES string of the molecule is CCCCCCCCCCC(N)C1CCCS1. The number of unbranched alkanes of at least 4 members (excludes halogenated alkanes) is 7. The van der Waals surface area contributed by atoms with Crippen LogP contribution in [-0.4, -0.2) is 17.0 Å². The van der Waals surface area contributed by atoms with Crippen molar-refractivity contribution in [2.24, 2.45) is 5.73 Å². The summed E-state index contributed by atoms with van der Waals surface area (Å²) in [6.45, 7) is 2.28. The van der Waals surface area contributed by atoms with Gasteiger partial charge in [-0.25, -0.2) is 0 Å². The highest BCUT2D eigenvalue weighted by atomic mass is 32.2. The van der Waals surface area contributed by atoms with E-state index in [9.17, 15) is 0 Å². The predicted octanol–water partition coefficient (Wildman–Crippen LogP) is 4.74. The highest BCUT2D eigenvalue weighted by Crippen LogP contribution is 2.29. The average molecular weight is 257 g/mol. The molecule has 2 heteroatoms. The van der Waals surface area contributed by atoms with Crippen molar-refractivity contribution >= 4 is 11.8 Å². The molecular weight excluding hydrogens is 226 g/mol. The van der Waals surface area contributed by atoms with Gasteiger partial charge in [0.15, 0.2) is 0 Å². The van der Waals surface area contributed by atoms with Crippen LogP contribution in [0, 0.1) is 0 Å². The van der Waals surface area contributed by atoms with Gasteiger partial charge in [0, 0.05) is 11.3 Å². The summed E-state index contributed by atoms with van der Waals surface area (Å²) in [5, 5.41) is 0.777. The molecule has 0 aromatic carbocycles. The Morgan fingerprint density at radius 1 is 1.06 bits per heavy atom. The Kier molecular flexibility index (Phi) is 9.27. The lowest BCUT2D eigenvalue weighted by Crippen LogP contribution is -2.30. The molecule has 0 saturated carbocycles. The second-order valence-electron chi connectivity index (χ2n) is 5.48. The smallest absolute Gasteiger partial charge is 0.0199 e. The molecule has 0 aromatic rings. The van der Waals surface area contributed by atoms with Crippen LogP contribution in [0.4, 0.5) is 0 Å². The first-order valence-corrected chi connectivity index (χ1v) is 8.76. The molecule has 2 unspecified atom stereocenters. The van der Waals surface area contributed by atoms with Crippen molar-refractivity contribution in [3.63, 3.8) is 0 Å². The average Bonchev–Trinajstić information content (AvgIpc) is 2.86. The summed E-state index contributed by atoms with van der Waals surface area (Å²) in [7, 11) is 0. The molecule has 1 fully saturated rings.